The molecule has 3 aliphatic rings. The van der Waals surface area contributed by atoms with Crippen LogP contribution in [-0.4, -0.2) is 78.8 Å². The molecule has 3 amide bonds. The largest absolute Gasteiger partial charge is 0.338 e. The zero-order valence-electron chi connectivity index (χ0n) is 18.8. The second-order valence-electron chi connectivity index (χ2n) is 9.17. The maximum absolute atomic E-state index is 12.9. The summed E-state index contributed by atoms with van der Waals surface area (Å²) >= 11 is 0. The van der Waals surface area contributed by atoms with Crippen molar-refractivity contribution < 1.29 is 27.6 Å². The van der Waals surface area contributed by atoms with Crippen LogP contribution in [0.2, 0.25) is 0 Å². The maximum Gasteiger partial charge on any atom is 0.243 e. The molecule has 178 valence electrons. The summed E-state index contributed by atoms with van der Waals surface area (Å²) in [5.41, 5.74) is -0.189. The summed E-state index contributed by atoms with van der Waals surface area (Å²) in [5.74, 6) is -0.996. The van der Waals surface area contributed by atoms with Crippen LogP contribution in [0.5, 0.6) is 0 Å². The number of Topliss-reactive ketones (excluding diaryl/α,β-unsaturated/α-hetero) is 1. The first-order valence-corrected chi connectivity index (χ1v) is 12.8. The molecule has 2 saturated heterocycles. The number of nitrogens with zero attached hydrogens (tertiary/aromatic N) is 3. The van der Waals surface area contributed by atoms with Crippen LogP contribution in [0.25, 0.3) is 0 Å². The Labute approximate surface area is 193 Å². The van der Waals surface area contributed by atoms with Crippen molar-refractivity contribution in [2.24, 2.45) is 5.41 Å². The fraction of sp³-hybridized carbons (Fsp3) is 0.565. The van der Waals surface area contributed by atoms with E-state index in [0.29, 0.717) is 18.4 Å². The van der Waals surface area contributed by atoms with Crippen LogP contribution in [-0.2, 0) is 24.4 Å². The average Bonchev–Trinajstić information content (AvgIpc) is 3.03. The van der Waals surface area contributed by atoms with Gasteiger partial charge in [-0.15, -0.1) is 0 Å². The molecule has 3 fully saturated rings. The Morgan fingerprint density at radius 2 is 1.55 bits per heavy atom. The van der Waals surface area contributed by atoms with Gasteiger partial charge in [0.1, 0.15) is 6.54 Å². The van der Waals surface area contributed by atoms with Gasteiger partial charge in [0.05, 0.1) is 10.3 Å². The van der Waals surface area contributed by atoms with Gasteiger partial charge in [-0.2, -0.15) is 4.31 Å². The summed E-state index contributed by atoms with van der Waals surface area (Å²) in [6, 6.07) is 5.79. The van der Waals surface area contributed by atoms with Gasteiger partial charge in [-0.05, 0) is 31.9 Å². The van der Waals surface area contributed by atoms with Crippen LogP contribution in [0, 0.1) is 5.41 Å². The lowest BCUT2D eigenvalue weighted by Gasteiger charge is -2.35. The lowest BCUT2D eigenvalue weighted by atomic mass is 9.73. The molecule has 1 spiro atoms. The minimum atomic E-state index is -3.75. The van der Waals surface area contributed by atoms with Gasteiger partial charge < -0.3 is 4.90 Å². The molecule has 1 saturated carbocycles. The third-order valence-corrected chi connectivity index (χ3v) is 9.00. The number of amides is 3. The quantitative estimate of drug-likeness (QED) is 0.470. The number of sulfonamides is 1. The molecule has 10 heteroatoms. The zero-order valence-corrected chi connectivity index (χ0v) is 19.6. The SMILES string of the molecule is CC(=O)c1ccc(S(=O)(=O)N2CCN(C(=O)CN3C(=O)CC4(CCCCC4)C3=O)CC2)cc1. The third-order valence-electron chi connectivity index (χ3n) is 7.08. The molecular weight excluding hydrogens is 446 g/mol. The second-order valence-corrected chi connectivity index (χ2v) is 11.1. The van der Waals surface area contributed by atoms with Crippen LogP contribution in [0.1, 0.15) is 55.8 Å². The summed E-state index contributed by atoms with van der Waals surface area (Å²) in [7, 11) is -3.75. The van der Waals surface area contributed by atoms with Gasteiger partial charge in [-0.3, -0.25) is 24.1 Å². The topological polar surface area (TPSA) is 112 Å². The summed E-state index contributed by atoms with van der Waals surface area (Å²) in [4.78, 5) is 52.4. The Bertz CT molecular complexity index is 1070. The third kappa shape index (κ3) is 4.46. The molecule has 0 N–H and O–H groups in total. The highest BCUT2D eigenvalue weighted by atomic mass is 32.2. The first kappa shape index (κ1) is 23.6. The molecule has 2 aliphatic heterocycles. The van der Waals surface area contributed by atoms with E-state index in [1.165, 1.54) is 40.4 Å². The van der Waals surface area contributed by atoms with E-state index in [4.69, 9.17) is 0 Å². The Kier molecular flexibility index (Phi) is 6.41. The highest BCUT2D eigenvalue weighted by Gasteiger charge is 2.52. The van der Waals surface area contributed by atoms with E-state index in [2.05, 4.69) is 0 Å². The van der Waals surface area contributed by atoms with Gasteiger partial charge in [-0.1, -0.05) is 31.4 Å². The number of benzene rings is 1. The van der Waals surface area contributed by atoms with Crippen LogP contribution in [0.4, 0.5) is 0 Å². The van der Waals surface area contributed by atoms with Crippen molar-refractivity contribution in [3.63, 3.8) is 0 Å². The summed E-state index contributed by atoms with van der Waals surface area (Å²) < 4.78 is 27.2. The molecule has 2 heterocycles. The predicted molar refractivity (Wildman–Crippen MR) is 119 cm³/mol. The van der Waals surface area contributed by atoms with Crippen LogP contribution in [0.15, 0.2) is 29.2 Å². The van der Waals surface area contributed by atoms with Crippen molar-refractivity contribution in [2.45, 2.75) is 50.3 Å². The first-order valence-electron chi connectivity index (χ1n) is 11.4. The molecule has 0 bridgehead atoms. The number of imide groups is 1. The van der Waals surface area contributed by atoms with Gasteiger partial charge >= 0.3 is 0 Å². The van der Waals surface area contributed by atoms with Crippen molar-refractivity contribution in [1.29, 1.82) is 0 Å². The molecule has 33 heavy (non-hydrogen) atoms. The Morgan fingerprint density at radius 1 is 0.939 bits per heavy atom. The average molecular weight is 476 g/mol. The lowest BCUT2D eigenvalue weighted by Crippen LogP contribution is -2.53. The van der Waals surface area contributed by atoms with E-state index < -0.39 is 15.4 Å². The standard InChI is InChI=1S/C23H29N3O6S/c1-17(27)18-5-7-19(8-6-18)33(31,32)25-13-11-24(12-14-25)21(29)16-26-20(28)15-23(22(26)30)9-3-2-4-10-23/h5-8H,2-4,9-16H2,1H3. The van der Waals surface area contributed by atoms with Crippen molar-refractivity contribution in [2.75, 3.05) is 32.7 Å². The van der Waals surface area contributed by atoms with E-state index in [-0.39, 0.29) is 67.5 Å². The molecule has 1 aliphatic carbocycles. The minimum absolute atomic E-state index is 0.0957. The Morgan fingerprint density at radius 3 is 2.12 bits per heavy atom. The fourth-order valence-corrected chi connectivity index (χ4v) is 6.49. The van der Waals surface area contributed by atoms with Crippen molar-refractivity contribution in [3.8, 4) is 0 Å². The molecule has 9 nitrogen and oxygen atoms in total. The number of hydrogen-bond donors (Lipinski definition) is 0. The lowest BCUT2D eigenvalue weighted by molar-refractivity contribution is -0.148. The van der Waals surface area contributed by atoms with Crippen molar-refractivity contribution in [3.05, 3.63) is 29.8 Å². The van der Waals surface area contributed by atoms with E-state index in [1.54, 1.807) is 0 Å². The van der Waals surface area contributed by atoms with E-state index >= 15 is 0 Å². The van der Waals surface area contributed by atoms with Gasteiger partial charge in [0.15, 0.2) is 5.78 Å². The molecule has 0 atom stereocenters. The Hall–Kier alpha value is -2.59. The fourth-order valence-electron chi connectivity index (χ4n) is 5.06. The second kappa shape index (κ2) is 8.98. The number of carbonyl (C=O) groups excluding carboxylic acids is 4. The number of ketones is 1. The number of carbonyl (C=O) groups is 4. The number of hydrogen-bond acceptors (Lipinski definition) is 6. The van der Waals surface area contributed by atoms with Gasteiger partial charge in [0.2, 0.25) is 27.7 Å². The van der Waals surface area contributed by atoms with E-state index in [9.17, 15) is 27.6 Å². The molecule has 4 rings (SSSR count). The Balaban J connectivity index is 1.36. The number of piperazine rings is 1. The smallest absolute Gasteiger partial charge is 0.243 e. The molecule has 1 aromatic rings. The molecule has 0 radical (unpaired) electrons. The monoisotopic (exact) mass is 475 g/mol. The molecule has 0 aromatic heterocycles. The van der Waals surface area contributed by atoms with Gasteiger partial charge in [-0.25, -0.2) is 8.42 Å². The van der Waals surface area contributed by atoms with Crippen LogP contribution in [0.3, 0.4) is 0 Å². The number of rotatable bonds is 5. The summed E-state index contributed by atoms with van der Waals surface area (Å²) in [5, 5.41) is 0. The van der Waals surface area contributed by atoms with Crippen molar-refractivity contribution >= 4 is 33.5 Å². The predicted octanol–water partition coefficient (Wildman–Crippen LogP) is 1.43. The van der Waals surface area contributed by atoms with Crippen LogP contribution >= 0.6 is 0 Å². The van der Waals surface area contributed by atoms with Crippen molar-refractivity contribution in [1.82, 2.24) is 14.1 Å². The summed E-state index contributed by atoms with van der Waals surface area (Å²) in [6.45, 7) is 1.75. The van der Waals surface area contributed by atoms with E-state index in [0.717, 1.165) is 24.2 Å². The summed E-state index contributed by atoms with van der Waals surface area (Å²) in [6.07, 6.45) is 4.51. The minimum Gasteiger partial charge on any atom is -0.338 e. The molecule has 0 unspecified atom stereocenters. The van der Waals surface area contributed by atoms with Crippen LogP contribution < -0.4 is 0 Å². The normalized spacial score (nSPS) is 21.6. The van der Waals surface area contributed by atoms with Gasteiger partial charge in [0, 0.05) is 38.2 Å². The van der Waals surface area contributed by atoms with E-state index in [1.807, 2.05) is 0 Å². The zero-order chi connectivity index (χ0) is 23.8. The maximum atomic E-state index is 12.9. The first-order chi connectivity index (χ1) is 15.6. The highest BCUT2D eigenvalue weighted by molar-refractivity contribution is 7.89. The molecule has 1 aromatic carbocycles. The highest BCUT2D eigenvalue weighted by Crippen LogP contribution is 2.45. The molecular formula is C23H29N3O6S. The number of likely N-dealkylation sites (tertiary alicyclic amines) is 1. The van der Waals surface area contributed by atoms with Gasteiger partial charge in [0.25, 0.3) is 0 Å².